The number of nitrogens with zero attached hydrogens (tertiary/aromatic N) is 2. The van der Waals surface area contributed by atoms with E-state index in [9.17, 15) is 4.79 Å². The molecule has 6 heteroatoms. The van der Waals surface area contributed by atoms with Crippen molar-refractivity contribution in [1.82, 2.24) is 9.99 Å². The number of hydrazone groups is 1. The molecule has 0 aliphatic rings. The maximum atomic E-state index is 12.6. The molecule has 0 saturated heterocycles. The Hall–Kier alpha value is -3.54. The minimum absolute atomic E-state index is 0.0218. The standard InChI is InChI=1S/C22H23N3O3/c1-16(2)28-21-17(9-8-12-20(21)27-3)15-23-24-22(26)18-10-4-5-11-19(18)25-13-6-7-14-25/h4-16H,1-3H3,(H,24,26)/b23-15-. The fourth-order valence-electron chi connectivity index (χ4n) is 2.76. The Balaban J connectivity index is 1.80. The average molecular weight is 377 g/mol. The second-order valence-corrected chi connectivity index (χ2v) is 6.35. The predicted molar refractivity (Wildman–Crippen MR) is 110 cm³/mol. The summed E-state index contributed by atoms with van der Waals surface area (Å²) < 4.78 is 13.1. The molecule has 0 aliphatic carbocycles. The molecular weight excluding hydrogens is 354 g/mol. The van der Waals surface area contributed by atoms with Crippen LogP contribution in [0.3, 0.4) is 0 Å². The Morgan fingerprint density at radius 1 is 1.07 bits per heavy atom. The van der Waals surface area contributed by atoms with Gasteiger partial charge < -0.3 is 14.0 Å². The highest BCUT2D eigenvalue weighted by molar-refractivity contribution is 5.98. The number of hydrogen-bond acceptors (Lipinski definition) is 4. The van der Waals surface area contributed by atoms with E-state index < -0.39 is 0 Å². The van der Waals surface area contributed by atoms with Crippen LogP contribution in [0.5, 0.6) is 11.5 Å². The minimum Gasteiger partial charge on any atom is -0.493 e. The van der Waals surface area contributed by atoms with Crippen LogP contribution in [0.1, 0.15) is 29.8 Å². The number of carbonyl (C=O) groups is 1. The van der Waals surface area contributed by atoms with Crippen molar-refractivity contribution in [1.29, 1.82) is 0 Å². The van der Waals surface area contributed by atoms with E-state index in [4.69, 9.17) is 9.47 Å². The molecule has 28 heavy (non-hydrogen) atoms. The van der Waals surface area contributed by atoms with Gasteiger partial charge in [-0.05, 0) is 50.2 Å². The van der Waals surface area contributed by atoms with Crippen molar-refractivity contribution < 1.29 is 14.3 Å². The fourth-order valence-corrected chi connectivity index (χ4v) is 2.76. The summed E-state index contributed by atoms with van der Waals surface area (Å²) in [5.41, 5.74) is 4.61. The molecule has 1 amide bonds. The maximum Gasteiger partial charge on any atom is 0.273 e. The number of ether oxygens (including phenoxy) is 2. The smallest absolute Gasteiger partial charge is 0.273 e. The van der Waals surface area contributed by atoms with Crippen LogP contribution in [0.4, 0.5) is 0 Å². The van der Waals surface area contributed by atoms with E-state index in [0.717, 1.165) is 5.69 Å². The van der Waals surface area contributed by atoms with Crippen molar-refractivity contribution in [2.75, 3.05) is 7.11 Å². The predicted octanol–water partition coefficient (Wildman–Crippen LogP) is 4.04. The van der Waals surface area contributed by atoms with Gasteiger partial charge in [0.15, 0.2) is 11.5 Å². The summed E-state index contributed by atoms with van der Waals surface area (Å²) in [6.07, 6.45) is 5.31. The second-order valence-electron chi connectivity index (χ2n) is 6.35. The van der Waals surface area contributed by atoms with E-state index >= 15 is 0 Å². The van der Waals surface area contributed by atoms with E-state index in [1.807, 2.05) is 79.3 Å². The zero-order chi connectivity index (χ0) is 19.9. The minimum atomic E-state index is -0.297. The highest BCUT2D eigenvalue weighted by Gasteiger charge is 2.13. The van der Waals surface area contributed by atoms with E-state index in [1.54, 1.807) is 19.4 Å². The van der Waals surface area contributed by atoms with Crippen LogP contribution in [0, 0.1) is 0 Å². The van der Waals surface area contributed by atoms with Crippen molar-refractivity contribution in [2.24, 2.45) is 5.10 Å². The van der Waals surface area contributed by atoms with Gasteiger partial charge in [-0.15, -0.1) is 0 Å². The van der Waals surface area contributed by atoms with Crippen molar-refractivity contribution >= 4 is 12.1 Å². The number of nitrogens with one attached hydrogen (secondary N) is 1. The zero-order valence-electron chi connectivity index (χ0n) is 16.1. The van der Waals surface area contributed by atoms with Gasteiger partial charge in [0.2, 0.25) is 0 Å². The molecule has 0 aliphatic heterocycles. The normalized spacial score (nSPS) is 11.0. The molecule has 144 valence electrons. The molecule has 6 nitrogen and oxygen atoms in total. The van der Waals surface area contributed by atoms with Crippen molar-refractivity contribution in [2.45, 2.75) is 20.0 Å². The van der Waals surface area contributed by atoms with Crippen LogP contribution < -0.4 is 14.9 Å². The van der Waals surface area contributed by atoms with E-state index in [1.165, 1.54) is 0 Å². The Bertz CT molecular complexity index is 963. The lowest BCUT2D eigenvalue weighted by atomic mass is 10.1. The molecule has 3 aromatic rings. The van der Waals surface area contributed by atoms with Crippen LogP contribution in [-0.4, -0.2) is 29.9 Å². The van der Waals surface area contributed by atoms with Crippen molar-refractivity contribution in [3.05, 3.63) is 78.1 Å². The third-order valence-corrected chi connectivity index (χ3v) is 3.98. The molecule has 0 fully saturated rings. The van der Waals surface area contributed by atoms with E-state index in [0.29, 0.717) is 22.6 Å². The number of methoxy groups -OCH3 is 1. The lowest BCUT2D eigenvalue weighted by Crippen LogP contribution is -2.19. The van der Waals surface area contributed by atoms with E-state index in [-0.39, 0.29) is 12.0 Å². The first kappa shape index (κ1) is 19.2. The Labute approximate surface area is 164 Å². The molecular formula is C22H23N3O3. The van der Waals surface area contributed by atoms with Gasteiger partial charge in [-0.25, -0.2) is 5.43 Å². The summed E-state index contributed by atoms with van der Waals surface area (Å²) in [6, 6.07) is 16.7. The number of amides is 1. The summed E-state index contributed by atoms with van der Waals surface area (Å²) in [7, 11) is 1.59. The average Bonchev–Trinajstić information content (AvgIpc) is 3.23. The highest BCUT2D eigenvalue weighted by Crippen LogP contribution is 2.30. The molecule has 0 radical (unpaired) electrons. The van der Waals surface area contributed by atoms with Gasteiger partial charge in [-0.2, -0.15) is 5.10 Å². The molecule has 0 atom stereocenters. The number of para-hydroxylation sites is 2. The van der Waals surface area contributed by atoms with Crippen LogP contribution in [0.15, 0.2) is 72.1 Å². The fraction of sp³-hybridized carbons (Fsp3) is 0.182. The number of aromatic nitrogens is 1. The van der Waals surface area contributed by atoms with Gasteiger partial charge >= 0.3 is 0 Å². The summed E-state index contributed by atoms with van der Waals surface area (Å²) in [5.74, 6) is 0.905. The molecule has 0 saturated carbocycles. The third kappa shape index (κ3) is 4.40. The Morgan fingerprint density at radius 3 is 2.54 bits per heavy atom. The van der Waals surface area contributed by atoms with Gasteiger partial charge in [0.25, 0.3) is 5.91 Å². The van der Waals surface area contributed by atoms with Crippen molar-refractivity contribution in [3.63, 3.8) is 0 Å². The Kier molecular flexibility index (Phi) is 6.11. The summed E-state index contributed by atoms with van der Waals surface area (Å²) in [5, 5.41) is 4.11. The summed E-state index contributed by atoms with van der Waals surface area (Å²) in [6.45, 7) is 3.88. The van der Waals surface area contributed by atoms with Gasteiger partial charge in [0, 0.05) is 18.0 Å². The van der Waals surface area contributed by atoms with Crippen LogP contribution >= 0.6 is 0 Å². The zero-order valence-corrected chi connectivity index (χ0v) is 16.1. The first-order valence-corrected chi connectivity index (χ1v) is 8.99. The SMILES string of the molecule is COc1cccc(/C=N\NC(=O)c2ccccc2-n2cccc2)c1OC(C)C. The number of hydrogen-bond donors (Lipinski definition) is 1. The first-order chi connectivity index (χ1) is 13.6. The van der Waals surface area contributed by atoms with Gasteiger partial charge in [0.1, 0.15) is 0 Å². The van der Waals surface area contributed by atoms with Crippen LogP contribution in [0.2, 0.25) is 0 Å². The second kappa shape index (κ2) is 8.90. The molecule has 0 spiro atoms. The lowest BCUT2D eigenvalue weighted by molar-refractivity contribution is 0.0955. The first-order valence-electron chi connectivity index (χ1n) is 8.99. The molecule has 1 N–H and O–H groups in total. The highest BCUT2D eigenvalue weighted by atomic mass is 16.5. The molecule has 1 heterocycles. The maximum absolute atomic E-state index is 12.6. The summed E-state index contributed by atoms with van der Waals surface area (Å²) >= 11 is 0. The van der Waals surface area contributed by atoms with Crippen LogP contribution in [0.25, 0.3) is 5.69 Å². The third-order valence-electron chi connectivity index (χ3n) is 3.98. The topological polar surface area (TPSA) is 64.8 Å². The van der Waals surface area contributed by atoms with Gasteiger partial charge in [-0.1, -0.05) is 18.2 Å². The Morgan fingerprint density at radius 2 is 1.82 bits per heavy atom. The lowest BCUT2D eigenvalue weighted by Gasteiger charge is -2.15. The van der Waals surface area contributed by atoms with Crippen LogP contribution in [-0.2, 0) is 0 Å². The van der Waals surface area contributed by atoms with E-state index in [2.05, 4.69) is 10.5 Å². The number of benzene rings is 2. The monoisotopic (exact) mass is 377 g/mol. The quantitative estimate of drug-likeness (QED) is 0.499. The van der Waals surface area contributed by atoms with Gasteiger partial charge in [0.05, 0.1) is 30.7 Å². The van der Waals surface area contributed by atoms with Crippen molar-refractivity contribution in [3.8, 4) is 17.2 Å². The summed E-state index contributed by atoms with van der Waals surface area (Å²) in [4.78, 5) is 12.6. The molecule has 2 aromatic carbocycles. The molecule has 0 unspecified atom stereocenters. The number of rotatable bonds is 7. The largest absolute Gasteiger partial charge is 0.493 e. The number of carbonyl (C=O) groups excluding carboxylic acids is 1. The van der Waals surface area contributed by atoms with Gasteiger partial charge in [-0.3, -0.25) is 4.79 Å². The molecule has 1 aromatic heterocycles. The molecule has 3 rings (SSSR count). The molecule has 0 bridgehead atoms.